The number of ether oxygens (including phenoxy) is 2. The van der Waals surface area contributed by atoms with Gasteiger partial charge in [0.2, 0.25) is 29.5 Å². The number of cyclic esters (lactones) is 1. The van der Waals surface area contributed by atoms with E-state index in [0.29, 0.717) is 25.7 Å². The van der Waals surface area contributed by atoms with Gasteiger partial charge < -0.3 is 46.1 Å². The first-order valence-corrected chi connectivity index (χ1v) is 21.4. The summed E-state index contributed by atoms with van der Waals surface area (Å²) in [4.78, 5) is 97.4. The number of unbranched alkanes of at least 4 members (excludes halogenated alkanes) is 3. The normalized spacial score (nSPS) is 25.6. The van der Waals surface area contributed by atoms with Crippen molar-refractivity contribution >= 4 is 41.6 Å². The molecule has 1 saturated heterocycles. The Bertz CT molecular complexity index is 1540. The van der Waals surface area contributed by atoms with Crippen molar-refractivity contribution in [3.63, 3.8) is 0 Å². The molecule has 330 valence electrons. The Morgan fingerprint density at radius 3 is 2.20 bits per heavy atom. The summed E-state index contributed by atoms with van der Waals surface area (Å²) in [6.07, 6.45) is 5.57. The number of likely N-dealkylation sites (N-methyl/N-ethyl adjacent to an activating group) is 1. The van der Waals surface area contributed by atoms with Crippen LogP contribution in [0.15, 0.2) is 30.3 Å². The number of nitrogens with zero attached hydrogens (tertiary/aromatic N) is 1. The van der Waals surface area contributed by atoms with Gasteiger partial charge in [0.05, 0.1) is 25.2 Å². The molecular weight excluding hydrogens is 761 g/mol. The number of esters is 1. The molecule has 1 aromatic carbocycles. The highest BCUT2D eigenvalue weighted by molar-refractivity contribution is 5.96. The van der Waals surface area contributed by atoms with Crippen molar-refractivity contribution in [2.75, 3.05) is 20.1 Å². The van der Waals surface area contributed by atoms with Crippen molar-refractivity contribution in [3.05, 3.63) is 35.9 Å². The molecule has 1 aromatic rings. The minimum atomic E-state index is -1.53. The van der Waals surface area contributed by atoms with Crippen LogP contribution in [0.3, 0.4) is 0 Å². The zero-order chi connectivity index (χ0) is 43.5. The Balaban J connectivity index is 2.10. The molecule has 1 saturated carbocycles. The lowest BCUT2D eigenvalue weighted by Crippen LogP contribution is -2.63. The molecule has 59 heavy (non-hydrogen) atoms. The summed E-state index contributed by atoms with van der Waals surface area (Å²) in [5.41, 5.74) is 0.795. The van der Waals surface area contributed by atoms with Crippen LogP contribution >= 0.6 is 0 Å². The van der Waals surface area contributed by atoms with E-state index in [4.69, 9.17) is 9.47 Å². The minimum Gasteiger partial charge on any atom is -0.465 e. The van der Waals surface area contributed by atoms with Crippen molar-refractivity contribution in [3.8, 4) is 0 Å². The van der Waals surface area contributed by atoms with E-state index in [0.717, 1.165) is 50.5 Å². The number of carboxylic acid groups (broad SMARTS) is 1. The summed E-state index contributed by atoms with van der Waals surface area (Å²) >= 11 is 0. The van der Waals surface area contributed by atoms with Crippen molar-refractivity contribution in [2.45, 2.75) is 155 Å². The summed E-state index contributed by atoms with van der Waals surface area (Å²) in [5.74, 6) is -5.39. The molecule has 16 heteroatoms. The molecule has 3 rings (SSSR count). The molecule has 0 bridgehead atoms. The van der Waals surface area contributed by atoms with Crippen LogP contribution in [0, 0.1) is 17.8 Å². The van der Waals surface area contributed by atoms with Gasteiger partial charge in [0.15, 0.2) is 0 Å². The Hall–Kier alpha value is -4.73. The first kappa shape index (κ1) is 48.6. The van der Waals surface area contributed by atoms with Crippen LogP contribution in [-0.4, -0.2) is 108 Å². The second-order valence-electron chi connectivity index (χ2n) is 16.5. The smallest absolute Gasteiger partial charge is 0.404 e. The average Bonchev–Trinajstić information content (AvgIpc) is 3.50. The van der Waals surface area contributed by atoms with Gasteiger partial charge in [-0.25, -0.2) is 4.79 Å². The van der Waals surface area contributed by atoms with E-state index in [1.54, 1.807) is 13.8 Å². The molecule has 2 aliphatic rings. The topological polar surface area (TPSA) is 222 Å². The highest BCUT2D eigenvalue weighted by atomic mass is 16.5. The SMILES string of the molecule is CCCCCC[C@H]1OC(=O)CNC(=O)[C@H](C(C)OCc2ccccc2)NC(=O)[C@H](CNC(=O)O)NC(=O)[C@H](C2CCCCCC2)NC(=O)[C@H](CC(C)C)N(C)C(=O)[C@@H]1C. The highest BCUT2D eigenvalue weighted by Crippen LogP contribution is 2.27. The number of carbonyl (C=O) groups is 7. The predicted molar refractivity (Wildman–Crippen MR) is 221 cm³/mol. The maximum absolute atomic E-state index is 14.4. The molecule has 0 aromatic heterocycles. The minimum absolute atomic E-state index is 0.0310. The van der Waals surface area contributed by atoms with Crippen LogP contribution in [0.4, 0.5) is 4.79 Å². The van der Waals surface area contributed by atoms with E-state index in [1.165, 1.54) is 11.9 Å². The van der Waals surface area contributed by atoms with E-state index < -0.39 is 97.0 Å². The van der Waals surface area contributed by atoms with Gasteiger partial charge in [-0.15, -0.1) is 0 Å². The largest absolute Gasteiger partial charge is 0.465 e. The summed E-state index contributed by atoms with van der Waals surface area (Å²) in [6, 6.07) is 4.07. The van der Waals surface area contributed by atoms with E-state index in [2.05, 4.69) is 33.5 Å². The van der Waals surface area contributed by atoms with E-state index in [1.807, 2.05) is 44.2 Å². The van der Waals surface area contributed by atoms with E-state index in [9.17, 15) is 38.7 Å². The lowest BCUT2D eigenvalue weighted by Gasteiger charge is -2.35. The van der Waals surface area contributed by atoms with Gasteiger partial charge in [-0.05, 0) is 56.4 Å². The number of amides is 6. The van der Waals surface area contributed by atoms with Gasteiger partial charge in [-0.2, -0.15) is 0 Å². The molecule has 1 unspecified atom stereocenters. The molecule has 0 spiro atoms. The predicted octanol–water partition coefficient (Wildman–Crippen LogP) is 3.81. The Labute approximate surface area is 349 Å². The summed E-state index contributed by atoms with van der Waals surface area (Å²) in [5, 5.41) is 22.4. The standard InChI is InChI=1S/C43H68N6O10/c1-7-8-9-17-22-34-28(4)42(55)49(6)33(23-27(2)3)39(52)48-37(31-20-15-10-11-16-21-31)41(54)46-32(24-45-43(56)57)38(51)47-36(40(53)44-25-35(50)59-34)29(5)58-26-30-18-13-12-14-19-30/h12-14,18-19,27-29,31-34,36-37,45H,7-11,15-17,20-26H2,1-6H3,(H,44,53)(H,46,54)(H,47,51)(H,48,52)(H,56,57)/t28-,29?,32+,33+,34-,36+,37+/m1/s1. The third-order valence-electron chi connectivity index (χ3n) is 11.2. The fraction of sp³-hybridized carbons (Fsp3) is 0.698. The van der Waals surface area contributed by atoms with Gasteiger partial charge >= 0.3 is 12.1 Å². The molecule has 16 nitrogen and oxygen atoms in total. The van der Waals surface area contributed by atoms with Crippen molar-refractivity contribution in [2.24, 2.45) is 17.8 Å². The molecule has 1 heterocycles. The first-order valence-electron chi connectivity index (χ1n) is 21.4. The fourth-order valence-corrected chi connectivity index (χ4v) is 7.68. The van der Waals surface area contributed by atoms with E-state index in [-0.39, 0.29) is 24.9 Å². The Morgan fingerprint density at radius 2 is 1.58 bits per heavy atom. The summed E-state index contributed by atoms with van der Waals surface area (Å²) in [6.45, 7) is 8.05. The first-order chi connectivity index (χ1) is 28.1. The number of benzene rings is 1. The third-order valence-corrected chi connectivity index (χ3v) is 11.2. The Kier molecular flexibility index (Phi) is 20.6. The number of rotatable bonds is 14. The fourth-order valence-electron chi connectivity index (χ4n) is 7.68. The Morgan fingerprint density at radius 1 is 0.898 bits per heavy atom. The second-order valence-corrected chi connectivity index (χ2v) is 16.5. The number of nitrogens with one attached hydrogen (secondary N) is 5. The molecule has 7 atom stereocenters. The van der Waals surface area contributed by atoms with Crippen LogP contribution in [-0.2, 0) is 44.8 Å². The zero-order valence-corrected chi connectivity index (χ0v) is 35.8. The molecular formula is C43H68N6O10. The lowest BCUT2D eigenvalue weighted by molar-refractivity contribution is -0.158. The van der Waals surface area contributed by atoms with Gasteiger partial charge in [0, 0.05) is 7.05 Å². The summed E-state index contributed by atoms with van der Waals surface area (Å²) < 4.78 is 11.9. The monoisotopic (exact) mass is 828 g/mol. The van der Waals surface area contributed by atoms with Crippen LogP contribution in [0.5, 0.6) is 0 Å². The van der Waals surface area contributed by atoms with Crippen LogP contribution < -0.4 is 26.6 Å². The molecule has 2 fully saturated rings. The van der Waals surface area contributed by atoms with E-state index >= 15 is 0 Å². The highest BCUT2D eigenvalue weighted by Gasteiger charge is 2.40. The van der Waals surface area contributed by atoms with Crippen molar-refractivity contribution < 1.29 is 48.1 Å². The number of hydrogen-bond donors (Lipinski definition) is 6. The van der Waals surface area contributed by atoms with Crippen molar-refractivity contribution in [1.82, 2.24) is 31.5 Å². The van der Waals surface area contributed by atoms with Gasteiger partial charge in [0.25, 0.3) is 0 Å². The summed E-state index contributed by atoms with van der Waals surface area (Å²) in [7, 11) is 1.53. The lowest BCUT2D eigenvalue weighted by atomic mass is 9.90. The maximum Gasteiger partial charge on any atom is 0.404 e. The average molecular weight is 829 g/mol. The molecule has 0 radical (unpaired) electrons. The van der Waals surface area contributed by atoms with Crippen molar-refractivity contribution in [1.29, 1.82) is 0 Å². The van der Waals surface area contributed by atoms with Gasteiger partial charge in [-0.3, -0.25) is 28.8 Å². The molecule has 6 amide bonds. The van der Waals surface area contributed by atoms with Crippen LogP contribution in [0.1, 0.15) is 117 Å². The molecule has 1 aliphatic heterocycles. The zero-order valence-electron chi connectivity index (χ0n) is 35.8. The second kappa shape index (κ2) is 25.0. The molecule has 6 N–H and O–H groups in total. The van der Waals surface area contributed by atoms with Gasteiger partial charge in [0.1, 0.15) is 36.8 Å². The van der Waals surface area contributed by atoms with Crippen LogP contribution in [0.2, 0.25) is 0 Å². The molecule has 1 aliphatic carbocycles. The number of carbonyl (C=O) groups excluding carboxylic acids is 6. The van der Waals surface area contributed by atoms with Gasteiger partial charge in [-0.1, -0.05) is 103 Å². The number of hydrogen-bond acceptors (Lipinski definition) is 9. The quantitative estimate of drug-likeness (QED) is 0.0905. The third kappa shape index (κ3) is 16.1. The maximum atomic E-state index is 14.4. The van der Waals surface area contributed by atoms with Crippen LogP contribution in [0.25, 0.3) is 0 Å².